The summed E-state index contributed by atoms with van der Waals surface area (Å²) in [7, 11) is 0. The Morgan fingerprint density at radius 3 is 2.71 bits per heavy atom. The maximum atomic E-state index is 13.7. The summed E-state index contributed by atoms with van der Waals surface area (Å²) in [6, 6.07) is 4.44. The van der Waals surface area contributed by atoms with Crippen molar-refractivity contribution in [1.29, 1.82) is 0 Å². The van der Waals surface area contributed by atoms with Gasteiger partial charge in [0.05, 0.1) is 6.61 Å². The van der Waals surface area contributed by atoms with Crippen LogP contribution in [-0.4, -0.2) is 21.6 Å². The summed E-state index contributed by atoms with van der Waals surface area (Å²) in [5.74, 6) is 4.85. The van der Waals surface area contributed by atoms with Gasteiger partial charge < -0.3 is 9.47 Å². The van der Waals surface area contributed by atoms with Crippen LogP contribution in [0.1, 0.15) is 18.9 Å². The smallest absolute Gasteiger partial charge is 0.330 e. The van der Waals surface area contributed by atoms with E-state index in [1.807, 2.05) is 13.8 Å². The molecule has 0 fully saturated rings. The fourth-order valence-electron chi connectivity index (χ4n) is 1.49. The van der Waals surface area contributed by atoms with E-state index < -0.39 is 5.82 Å². The van der Waals surface area contributed by atoms with Gasteiger partial charge in [0.2, 0.25) is 5.95 Å². The summed E-state index contributed by atoms with van der Waals surface area (Å²) in [6.07, 6.45) is 0.791. The maximum Gasteiger partial charge on any atom is 0.330 e. The number of hydrogen-bond acceptors (Lipinski definition) is 7. The number of hydrazine groups is 1. The number of hydrogen-bond donors (Lipinski definition) is 2. The molecule has 0 unspecified atom stereocenters. The number of halogens is 1. The van der Waals surface area contributed by atoms with Gasteiger partial charge in [-0.15, -0.1) is 4.98 Å². The topological polar surface area (TPSA) is 95.2 Å². The summed E-state index contributed by atoms with van der Waals surface area (Å²) in [5.41, 5.74) is 3.13. The lowest BCUT2D eigenvalue weighted by Gasteiger charge is -2.09. The van der Waals surface area contributed by atoms with Gasteiger partial charge >= 0.3 is 12.0 Å². The van der Waals surface area contributed by atoms with Crippen LogP contribution in [0.2, 0.25) is 0 Å². The normalized spacial score (nSPS) is 10.3. The number of nitrogens with zero attached hydrogens (tertiary/aromatic N) is 3. The Balaban J connectivity index is 2.27. The fraction of sp³-hybridized carbons (Fsp3) is 0.308. The molecule has 8 heteroatoms. The maximum absolute atomic E-state index is 13.7. The van der Waals surface area contributed by atoms with Gasteiger partial charge in [-0.05, 0) is 31.0 Å². The monoisotopic (exact) mass is 293 g/mol. The van der Waals surface area contributed by atoms with Gasteiger partial charge in [0.15, 0.2) is 11.6 Å². The Morgan fingerprint density at radius 1 is 1.24 bits per heavy atom. The molecule has 0 atom stereocenters. The molecular formula is C13H16FN5O2. The number of nitrogen functional groups attached to an aromatic ring is 1. The minimum atomic E-state index is -0.515. The molecule has 0 amide bonds. The zero-order chi connectivity index (χ0) is 15.2. The Hall–Kier alpha value is -2.48. The van der Waals surface area contributed by atoms with Crippen molar-refractivity contribution < 1.29 is 13.9 Å². The largest absolute Gasteiger partial charge is 0.463 e. The van der Waals surface area contributed by atoms with Crippen LogP contribution in [0.25, 0.3) is 0 Å². The van der Waals surface area contributed by atoms with Gasteiger partial charge in [0.25, 0.3) is 0 Å². The van der Waals surface area contributed by atoms with Crippen LogP contribution in [0.3, 0.4) is 0 Å². The Labute approximate surface area is 121 Å². The summed E-state index contributed by atoms with van der Waals surface area (Å²) in [6.45, 7) is 4.21. The molecular weight excluding hydrogens is 277 g/mol. The molecule has 0 spiro atoms. The van der Waals surface area contributed by atoms with Crippen molar-refractivity contribution in [3.63, 3.8) is 0 Å². The summed E-state index contributed by atoms with van der Waals surface area (Å²) in [5, 5.41) is 0. The molecule has 0 bridgehead atoms. The zero-order valence-corrected chi connectivity index (χ0v) is 11.8. The van der Waals surface area contributed by atoms with Crippen LogP contribution in [-0.2, 0) is 0 Å². The average Bonchev–Trinajstić information content (AvgIpc) is 2.48. The first-order valence-corrected chi connectivity index (χ1v) is 6.42. The molecule has 0 radical (unpaired) electrons. The van der Waals surface area contributed by atoms with E-state index in [-0.39, 0.29) is 23.7 Å². The minimum absolute atomic E-state index is 0.0191. The van der Waals surface area contributed by atoms with E-state index in [0.29, 0.717) is 6.61 Å². The van der Waals surface area contributed by atoms with Crippen LogP contribution >= 0.6 is 0 Å². The third kappa shape index (κ3) is 3.99. The van der Waals surface area contributed by atoms with Crippen molar-refractivity contribution in [2.75, 3.05) is 12.0 Å². The van der Waals surface area contributed by atoms with Crippen LogP contribution in [0, 0.1) is 12.7 Å². The standard InChI is InChI=1S/C13H16FN5O2/c1-3-6-20-12-16-11(19-15)17-13(18-12)21-10-7-8(2)4-5-9(10)14/h4-5,7H,3,6,15H2,1-2H3,(H,16,17,18,19). The molecule has 0 saturated carbocycles. The van der Waals surface area contributed by atoms with Crippen molar-refractivity contribution in [2.24, 2.45) is 5.84 Å². The predicted octanol–water partition coefficient (Wildman–Crippen LogP) is 2.19. The molecule has 1 heterocycles. The van der Waals surface area contributed by atoms with Crippen molar-refractivity contribution in [3.05, 3.63) is 29.6 Å². The Bertz CT molecular complexity index is 624. The van der Waals surface area contributed by atoms with Gasteiger partial charge in [0, 0.05) is 0 Å². The van der Waals surface area contributed by atoms with E-state index in [1.165, 1.54) is 6.07 Å². The minimum Gasteiger partial charge on any atom is -0.463 e. The molecule has 1 aromatic carbocycles. The molecule has 3 N–H and O–H groups in total. The molecule has 0 saturated heterocycles. The second kappa shape index (κ2) is 6.80. The van der Waals surface area contributed by atoms with E-state index in [0.717, 1.165) is 12.0 Å². The van der Waals surface area contributed by atoms with Gasteiger partial charge in [0.1, 0.15) is 0 Å². The molecule has 0 aliphatic heterocycles. The van der Waals surface area contributed by atoms with E-state index in [2.05, 4.69) is 20.4 Å². The summed E-state index contributed by atoms with van der Waals surface area (Å²) in [4.78, 5) is 11.8. The van der Waals surface area contributed by atoms with Gasteiger partial charge in [-0.2, -0.15) is 9.97 Å². The molecule has 1 aromatic heterocycles. The average molecular weight is 293 g/mol. The molecule has 112 valence electrons. The number of aromatic nitrogens is 3. The highest BCUT2D eigenvalue weighted by molar-refractivity contribution is 5.33. The second-order valence-electron chi connectivity index (χ2n) is 4.25. The molecule has 7 nitrogen and oxygen atoms in total. The number of rotatable bonds is 6. The number of aryl methyl sites for hydroxylation is 1. The van der Waals surface area contributed by atoms with Crippen LogP contribution < -0.4 is 20.7 Å². The Morgan fingerprint density at radius 2 is 2.00 bits per heavy atom. The first-order valence-electron chi connectivity index (χ1n) is 6.42. The fourth-order valence-corrected chi connectivity index (χ4v) is 1.49. The van der Waals surface area contributed by atoms with Crippen LogP contribution in [0.15, 0.2) is 18.2 Å². The van der Waals surface area contributed by atoms with Gasteiger partial charge in [-0.1, -0.05) is 13.0 Å². The second-order valence-corrected chi connectivity index (χ2v) is 4.25. The summed E-state index contributed by atoms with van der Waals surface area (Å²) >= 11 is 0. The molecule has 2 aromatic rings. The number of nitrogens with one attached hydrogen (secondary N) is 1. The molecule has 2 rings (SSSR count). The number of anilines is 1. The first-order chi connectivity index (χ1) is 10.1. The van der Waals surface area contributed by atoms with Crippen molar-refractivity contribution in [3.8, 4) is 17.8 Å². The lowest BCUT2D eigenvalue weighted by atomic mass is 10.2. The lowest BCUT2D eigenvalue weighted by Crippen LogP contribution is -2.13. The first kappa shape index (κ1) is 14.9. The van der Waals surface area contributed by atoms with Crippen molar-refractivity contribution in [2.45, 2.75) is 20.3 Å². The van der Waals surface area contributed by atoms with E-state index in [9.17, 15) is 4.39 Å². The van der Waals surface area contributed by atoms with E-state index in [4.69, 9.17) is 15.3 Å². The van der Waals surface area contributed by atoms with Crippen LogP contribution in [0.4, 0.5) is 10.3 Å². The van der Waals surface area contributed by atoms with Crippen molar-refractivity contribution in [1.82, 2.24) is 15.0 Å². The predicted molar refractivity (Wildman–Crippen MR) is 74.6 cm³/mol. The van der Waals surface area contributed by atoms with E-state index >= 15 is 0 Å². The lowest BCUT2D eigenvalue weighted by molar-refractivity contribution is 0.284. The third-order valence-corrected chi connectivity index (χ3v) is 2.45. The highest BCUT2D eigenvalue weighted by atomic mass is 19.1. The Kier molecular flexibility index (Phi) is 4.83. The molecule has 0 aliphatic carbocycles. The quantitative estimate of drug-likeness (QED) is 0.622. The SMILES string of the molecule is CCCOc1nc(NN)nc(Oc2cc(C)ccc2F)n1. The highest BCUT2D eigenvalue weighted by Crippen LogP contribution is 2.24. The third-order valence-electron chi connectivity index (χ3n) is 2.45. The number of ether oxygens (including phenoxy) is 2. The number of nitrogens with two attached hydrogens (primary N) is 1. The molecule has 21 heavy (non-hydrogen) atoms. The van der Waals surface area contributed by atoms with Gasteiger partial charge in [-0.25, -0.2) is 10.2 Å². The number of benzene rings is 1. The molecule has 0 aliphatic rings. The van der Waals surface area contributed by atoms with Crippen molar-refractivity contribution >= 4 is 5.95 Å². The zero-order valence-electron chi connectivity index (χ0n) is 11.8. The van der Waals surface area contributed by atoms with E-state index in [1.54, 1.807) is 12.1 Å². The highest BCUT2D eigenvalue weighted by Gasteiger charge is 2.11. The van der Waals surface area contributed by atoms with Gasteiger partial charge in [-0.3, -0.25) is 5.43 Å². The summed E-state index contributed by atoms with van der Waals surface area (Å²) < 4.78 is 24.3. The van der Waals surface area contributed by atoms with Crippen LogP contribution in [0.5, 0.6) is 17.8 Å².